The predicted octanol–water partition coefficient (Wildman–Crippen LogP) is 4.78. The number of hydrogen-bond acceptors (Lipinski definition) is 2. The highest BCUT2D eigenvalue weighted by atomic mass is 79.9. The highest BCUT2D eigenvalue weighted by molar-refractivity contribution is 9.10. The average molecular weight is 335 g/mol. The molecule has 0 bridgehead atoms. The maximum absolute atomic E-state index is 10.0. The van der Waals surface area contributed by atoms with Crippen LogP contribution in [0.4, 0.5) is 0 Å². The summed E-state index contributed by atoms with van der Waals surface area (Å²) in [6.45, 7) is 0. The lowest BCUT2D eigenvalue weighted by molar-refractivity contribution is 0.457. The molecule has 3 rings (SSSR count). The van der Waals surface area contributed by atoms with Gasteiger partial charge in [0.25, 0.3) is 0 Å². The lowest BCUT2D eigenvalue weighted by Crippen LogP contribution is -2.02. The van der Waals surface area contributed by atoms with Gasteiger partial charge in [0.2, 0.25) is 0 Å². The van der Waals surface area contributed by atoms with Crippen LogP contribution in [0.5, 0.6) is 5.88 Å². The van der Waals surface area contributed by atoms with Crippen molar-refractivity contribution < 1.29 is 5.11 Å². The Balaban J connectivity index is 1.89. The molecule has 3 nitrogen and oxygen atoms in total. The fraction of sp³-hybridized carbons (Fsp3) is 0.438. The quantitative estimate of drug-likeness (QED) is 0.602. The Morgan fingerprint density at radius 2 is 1.95 bits per heavy atom. The van der Waals surface area contributed by atoms with Crippen molar-refractivity contribution in [2.24, 2.45) is 4.99 Å². The maximum Gasteiger partial charge on any atom is 0.198 e. The molecule has 0 atom stereocenters. The number of benzene rings is 1. The maximum atomic E-state index is 10.0. The molecule has 1 aromatic heterocycles. The summed E-state index contributed by atoms with van der Waals surface area (Å²) in [4.78, 5) is 7.70. The van der Waals surface area contributed by atoms with Crippen molar-refractivity contribution in [3.63, 3.8) is 0 Å². The topological polar surface area (TPSA) is 48.4 Å². The van der Waals surface area contributed by atoms with E-state index in [0.717, 1.165) is 20.9 Å². The fourth-order valence-electron chi connectivity index (χ4n) is 2.89. The van der Waals surface area contributed by atoms with Crippen LogP contribution < -0.4 is 0 Å². The normalized spacial score (nSPS) is 17.9. The molecule has 1 aromatic carbocycles. The summed E-state index contributed by atoms with van der Waals surface area (Å²) in [5.41, 5.74) is 1.73. The van der Waals surface area contributed by atoms with Crippen LogP contribution in [0.25, 0.3) is 10.9 Å². The highest BCUT2D eigenvalue weighted by Crippen LogP contribution is 2.28. The van der Waals surface area contributed by atoms with Crippen molar-refractivity contribution in [3.05, 3.63) is 28.2 Å². The molecule has 0 aliphatic heterocycles. The summed E-state index contributed by atoms with van der Waals surface area (Å²) < 4.78 is 1.01. The second kappa shape index (κ2) is 6.00. The molecule has 1 fully saturated rings. The average Bonchev–Trinajstić information content (AvgIpc) is 2.63. The molecule has 0 amide bonds. The second-order valence-electron chi connectivity index (χ2n) is 5.50. The number of aliphatic imine (C=N–C) groups is 1. The summed E-state index contributed by atoms with van der Waals surface area (Å²) in [5.74, 6) is 0.204. The zero-order valence-electron chi connectivity index (χ0n) is 11.4. The Labute approximate surface area is 127 Å². The minimum atomic E-state index is 0.204. The number of aromatic amines is 1. The number of halogens is 1. The number of hydrogen-bond donors (Lipinski definition) is 2. The number of nitrogens with zero attached hydrogens (tertiary/aromatic N) is 1. The van der Waals surface area contributed by atoms with Gasteiger partial charge in [-0.3, -0.25) is 4.99 Å². The third kappa shape index (κ3) is 2.90. The molecule has 0 unspecified atom stereocenters. The lowest BCUT2D eigenvalue weighted by atomic mass is 10.1. The standard InChI is InChI=1S/C16H19BrN2O/c17-11-7-8-15-13(9-11)14(16(20)19-15)10-18-12-5-3-1-2-4-6-12/h7-10,12,19-20H,1-6H2. The van der Waals surface area contributed by atoms with E-state index in [0.29, 0.717) is 6.04 Å². The molecule has 106 valence electrons. The smallest absolute Gasteiger partial charge is 0.198 e. The van der Waals surface area contributed by atoms with Gasteiger partial charge in [-0.05, 0) is 31.0 Å². The molecule has 0 saturated heterocycles. The molecule has 2 N–H and O–H groups in total. The van der Waals surface area contributed by atoms with E-state index in [1.54, 1.807) is 0 Å². The van der Waals surface area contributed by atoms with Crippen LogP contribution in [0.2, 0.25) is 0 Å². The third-order valence-corrected chi connectivity index (χ3v) is 4.51. The van der Waals surface area contributed by atoms with Crippen LogP contribution in [0, 0.1) is 0 Å². The fourth-order valence-corrected chi connectivity index (χ4v) is 3.25. The third-order valence-electron chi connectivity index (χ3n) is 4.02. The molecule has 0 spiro atoms. The molecular weight excluding hydrogens is 316 g/mol. The Kier molecular flexibility index (Phi) is 4.10. The Morgan fingerprint density at radius 3 is 2.70 bits per heavy atom. The van der Waals surface area contributed by atoms with E-state index >= 15 is 0 Å². The van der Waals surface area contributed by atoms with Gasteiger partial charge in [-0.25, -0.2) is 0 Å². The molecular formula is C16H19BrN2O. The largest absolute Gasteiger partial charge is 0.494 e. The summed E-state index contributed by atoms with van der Waals surface area (Å²) >= 11 is 3.47. The van der Waals surface area contributed by atoms with Crippen molar-refractivity contribution >= 4 is 33.0 Å². The van der Waals surface area contributed by atoms with Crippen LogP contribution in [-0.4, -0.2) is 22.3 Å². The SMILES string of the molecule is Oc1[nH]c2ccc(Br)cc2c1C=NC1CCCCCC1. The monoisotopic (exact) mass is 334 g/mol. The van der Waals surface area contributed by atoms with E-state index < -0.39 is 0 Å². The van der Waals surface area contributed by atoms with Gasteiger partial charge < -0.3 is 10.1 Å². The minimum Gasteiger partial charge on any atom is -0.494 e. The Morgan fingerprint density at radius 1 is 1.20 bits per heavy atom. The molecule has 1 aliphatic rings. The summed E-state index contributed by atoms with van der Waals surface area (Å²) in [6, 6.07) is 6.35. The van der Waals surface area contributed by atoms with Crippen molar-refractivity contribution in [2.75, 3.05) is 0 Å². The first-order valence-electron chi connectivity index (χ1n) is 7.27. The predicted molar refractivity (Wildman–Crippen MR) is 86.7 cm³/mol. The number of H-pyrrole nitrogens is 1. The van der Waals surface area contributed by atoms with Gasteiger partial charge in [-0.2, -0.15) is 0 Å². The minimum absolute atomic E-state index is 0.204. The van der Waals surface area contributed by atoms with Gasteiger partial charge in [0.15, 0.2) is 5.88 Å². The first-order chi connectivity index (χ1) is 9.74. The summed E-state index contributed by atoms with van der Waals surface area (Å²) in [7, 11) is 0. The van der Waals surface area contributed by atoms with Crippen LogP contribution >= 0.6 is 15.9 Å². The molecule has 20 heavy (non-hydrogen) atoms. The zero-order chi connectivity index (χ0) is 13.9. The van der Waals surface area contributed by atoms with Crippen LogP contribution in [-0.2, 0) is 0 Å². The number of aromatic hydroxyl groups is 1. The summed E-state index contributed by atoms with van der Waals surface area (Å²) in [6.07, 6.45) is 9.39. The van der Waals surface area contributed by atoms with E-state index in [1.807, 2.05) is 24.4 Å². The first kappa shape index (κ1) is 13.7. The molecule has 1 aliphatic carbocycles. The Hall–Kier alpha value is -1.29. The van der Waals surface area contributed by atoms with Gasteiger partial charge in [0, 0.05) is 27.6 Å². The van der Waals surface area contributed by atoms with Gasteiger partial charge in [0.05, 0.1) is 5.56 Å². The lowest BCUT2D eigenvalue weighted by Gasteiger charge is -2.07. The van der Waals surface area contributed by atoms with Gasteiger partial charge in [-0.15, -0.1) is 0 Å². The van der Waals surface area contributed by atoms with Crippen LogP contribution in [0.1, 0.15) is 44.1 Å². The number of rotatable bonds is 2. The van der Waals surface area contributed by atoms with Crippen LogP contribution in [0.15, 0.2) is 27.7 Å². The number of nitrogens with one attached hydrogen (secondary N) is 1. The van der Waals surface area contributed by atoms with E-state index in [2.05, 4.69) is 20.9 Å². The van der Waals surface area contributed by atoms with E-state index in [9.17, 15) is 5.11 Å². The number of fused-ring (bicyclic) bond motifs is 1. The van der Waals surface area contributed by atoms with Gasteiger partial charge in [-0.1, -0.05) is 41.6 Å². The second-order valence-corrected chi connectivity index (χ2v) is 6.42. The molecule has 0 radical (unpaired) electrons. The van der Waals surface area contributed by atoms with Crippen molar-refractivity contribution in [1.82, 2.24) is 4.98 Å². The first-order valence-corrected chi connectivity index (χ1v) is 8.07. The van der Waals surface area contributed by atoms with E-state index in [-0.39, 0.29) is 5.88 Å². The Bertz CT molecular complexity index is 625. The molecule has 1 saturated carbocycles. The summed E-state index contributed by atoms with van der Waals surface area (Å²) in [5, 5.41) is 11.1. The molecule has 4 heteroatoms. The van der Waals surface area contributed by atoms with E-state index in [4.69, 9.17) is 4.99 Å². The van der Waals surface area contributed by atoms with E-state index in [1.165, 1.54) is 38.5 Å². The van der Waals surface area contributed by atoms with Crippen molar-refractivity contribution in [2.45, 2.75) is 44.6 Å². The van der Waals surface area contributed by atoms with Crippen molar-refractivity contribution in [3.8, 4) is 5.88 Å². The van der Waals surface area contributed by atoms with Crippen LogP contribution in [0.3, 0.4) is 0 Å². The molecule has 2 aromatic rings. The highest BCUT2D eigenvalue weighted by Gasteiger charge is 2.12. The molecule has 1 heterocycles. The zero-order valence-corrected chi connectivity index (χ0v) is 13.0. The van der Waals surface area contributed by atoms with Crippen molar-refractivity contribution in [1.29, 1.82) is 0 Å². The van der Waals surface area contributed by atoms with Gasteiger partial charge >= 0.3 is 0 Å². The van der Waals surface area contributed by atoms with Gasteiger partial charge in [0.1, 0.15) is 0 Å². The number of aromatic nitrogens is 1.